The van der Waals surface area contributed by atoms with Gasteiger partial charge in [0.2, 0.25) is 0 Å². The summed E-state index contributed by atoms with van der Waals surface area (Å²) in [7, 11) is 3.18. The van der Waals surface area contributed by atoms with Crippen molar-refractivity contribution in [2.24, 2.45) is 0 Å². The van der Waals surface area contributed by atoms with Crippen LogP contribution < -0.4 is 14.8 Å². The quantitative estimate of drug-likeness (QED) is 0.469. The summed E-state index contributed by atoms with van der Waals surface area (Å²) in [5, 5.41) is 13.6. The molecule has 0 spiro atoms. The van der Waals surface area contributed by atoms with E-state index in [9.17, 15) is 4.79 Å². The zero-order valence-electron chi connectivity index (χ0n) is 16.2. The smallest absolute Gasteiger partial charge is 0.270 e. The van der Waals surface area contributed by atoms with E-state index < -0.39 is 0 Å². The lowest BCUT2D eigenvalue weighted by atomic mass is 10.0. The molecule has 2 heterocycles. The van der Waals surface area contributed by atoms with Gasteiger partial charge in [-0.3, -0.25) is 4.79 Å². The van der Waals surface area contributed by atoms with Gasteiger partial charge in [0.1, 0.15) is 17.2 Å². The highest BCUT2D eigenvalue weighted by atomic mass is 16.5. The van der Waals surface area contributed by atoms with Crippen molar-refractivity contribution in [3.05, 3.63) is 54.2 Å². The van der Waals surface area contributed by atoms with E-state index in [4.69, 9.17) is 14.6 Å². The van der Waals surface area contributed by atoms with Gasteiger partial charge in [0.25, 0.3) is 5.91 Å². The predicted molar refractivity (Wildman–Crippen MR) is 112 cm³/mol. The van der Waals surface area contributed by atoms with E-state index in [1.807, 2.05) is 42.5 Å². The van der Waals surface area contributed by atoms with Crippen molar-refractivity contribution < 1.29 is 19.4 Å². The Kier molecular flexibility index (Phi) is 5.05. The Labute approximate surface area is 167 Å². The SMILES string of the molecule is COc1ccc(OC)c(-c2nc(C(=O)NCCO)cc3c2[nH]c2ccccc23)c1. The number of fused-ring (bicyclic) bond motifs is 3. The van der Waals surface area contributed by atoms with Gasteiger partial charge in [-0.15, -0.1) is 0 Å². The third-order valence-electron chi connectivity index (χ3n) is 4.79. The number of benzene rings is 2. The van der Waals surface area contributed by atoms with Gasteiger partial charge in [-0.2, -0.15) is 0 Å². The minimum Gasteiger partial charge on any atom is -0.497 e. The molecule has 0 aliphatic carbocycles. The molecule has 7 nitrogen and oxygen atoms in total. The average molecular weight is 391 g/mol. The second-order valence-electron chi connectivity index (χ2n) is 6.49. The van der Waals surface area contributed by atoms with E-state index in [1.165, 1.54) is 0 Å². The number of hydrogen-bond acceptors (Lipinski definition) is 5. The minimum atomic E-state index is -0.352. The third-order valence-corrected chi connectivity index (χ3v) is 4.79. The van der Waals surface area contributed by atoms with Crippen LogP contribution in [0.5, 0.6) is 11.5 Å². The number of aromatic amines is 1. The second-order valence-corrected chi connectivity index (χ2v) is 6.49. The van der Waals surface area contributed by atoms with Crippen molar-refractivity contribution in [2.75, 3.05) is 27.4 Å². The molecule has 4 aromatic rings. The van der Waals surface area contributed by atoms with E-state index in [0.717, 1.165) is 21.8 Å². The lowest BCUT2D eigenvalue weighted by molar-refractivity contribution is 0.0940. The number of nitrogens with zero attached hydrogens (tertiary/aromatic N) is 1. The van der Waals surface area contributed by atoms with Gasteiger partial charge < -0.3 is 24.9 Å². The summed E-state index contributed by atoms with van der Waals surface area (Å²) >= 11 is 0. The van der Waals surface area contributed by atoms with Crippen LogP contribution in [-0.4, -0.2) is 48.4 Å². The number of methoxy groups -OCH3 is 2. The molecular formula is C22H21N3O4. The van der Waals surface area contributed by atoms with Crippen LogP contribution >= 0.6 is 0 Å². The van der Waals surface area contributed by atoms with Crippen molar-refractivity contribution in [1.82, 2.24) is 15.3 Å². The van der Waals surface area contributed by atoms with Crippen molar-refractivity contribution >= 4 is 27.7 Å². The first-order valence-electron chi connectivity index (χ1n) is 9.19. The standard InChI is InChI=1S/C22H21N3O4/c1-28-13-7-8-19(29-2)16(11-13)21-20-15(14-5-3-4-6-17(14)24-20)12-18(25-21)22(27)23-9-10-26/h3-8,11-12,24,26H,9-10H2,1-2H3,(H,23,27). The molecule has 0 atom stereocenters. The summed E-state index contributed by atoms with van der Waals surface area (Å²) in [5.41, 5.74) is 3.30. The Balaban J connectivity index is 2.03. The number of carbonyl (C=O) groups is 1. The molecule has 0 bridgehead atoms. The highest BCUT2D eigenvalue weighted by Gasteiger charge is 2.19. The van der Waals surface area contributed by atoms with Crippen molar-refractivity contribution in [2.45, 2.75) is 0 Å². The predicted octanol–water partition coefficient (Wildman–Crippen LogP) is 3.12. The highest BCUT2D eigenvalue weighted by Crippen LogP contribution is 2.38. The summed E-state index contributed by atoms with van der Waals surface area (Å²) < 4.78 is 10.9. The Bertz CT molecular complexity index is 1200. The maximum Gasteiger partial charge on any atom is 0.270 e. The maximum atomic E-state index is 12.6. The zero-order valence-corrected chi connectivity index (χ0v) is 16.2. The number of H-pyrrole nitrogens is 1. The number of rotatable bonds is 6. The van der Waals surface area contributed by atoms with Crippen LogP contribution in [0.3, 0.4) is 0 Å². The zero-order chi connectivity index (χ0) is 20.4. The lowest BCUT2D eigenvalue weighted by Gasteiger charge is -2.12. The molecule has 0 fully saturated rings. The normalized spacial score (nSPS) is 11.0. The number of hydrogen-bond donors (Lipinski definition) is 3. The third kappa shape index (κ3) is 3.36. The number of para-hydroxylation sites is 1. The largest absolute Gasteiger partial charge is 0.497 e. The molecule has 29 heavy (non-hydrogen) atoms. The van der Waals surface area contributed by atoms with Crippen molar-refractivity contribution in [3.8, 4) is 22.8 Å². The fourth-order valence-corrected chi connectivity index (χ4v) is 3.42. The Morgan fingerprint density at radius 2 is 1.93 bits per heavy atom. The fraction of sp³-hybridized carbons (Fsp3) is 0.182. The molecule has 0 saturated heterocycles. The number of amides is 1. The van der Waals surface area contributed by atoms with Crippen LogP contribution in [0.4, 0.5) is 0 Å². The summed E-state index contributed by atoms with van der Waals surface area (Å²) in [6.07, 6.45) is 0. The molecule has 0 saturated carbocycles. The van der Waals surface area contributed by atoms with E-state index >= 15 is 0 Å². The first-order valence-corrected chi connectivity index (χ1v) is 9.19. The van der Waals surface area contributed by atoms with Crippen molar-refractivity contribution in [1.29, 1.82) is 0 Å². The van der Waals surface area contributed by atoms with Gasteiger partial charge >= 0.3 is 0 Å². The lowest BCUT2D eigenvalue weighted by Crippen LogP contribution is -2.27. The van der Waals surface area contributed by atoms with Crippen LogP contribution in [0, 0.1) is 0 Å². The number of ether oxygens (including phenoxy) is 2. The van der Waals surface area contributed by atoms with E-state index in [2.05, 4.69) is 15.3 Å². The molecule has 148 valence electrons. The second kappa shape index (κ2) is 7.81. The van der Waals surface area contributed by atoms with Gasteiger partial charge in [0.05, 0.1) is 32.0 Å². The molecular weight excluding hydrogens is 370 g/mol. The number of aliphatic hydroxyl groups excluding tert-OH is 1. The Morgan fingerprint density at radius 3 is 2.69 bits per heavy atom. The van der Waals surface area contributed by atoms with E-state index in [0.29, 0.717) is 22.8 Å². The monoisotopic (exact) mass is 391 g/mol. The molecule has 0 aliphatic heterocycles. The van der Waals surface area contributed by atoms with Crippen LogP contribution in [0.25, 0.3) is 33.1 Å². The summed E-state index contributed by atoms with van der Waals surface area (Å²) in [6, 6.07) is 15.1. The number of nitrogens with one attached hydrogen (secondary N) is 2. The molecule has 7 heteroatoms. The van der Waals surface area contributed by atoms with Crippen molar-refractivity contribution in [3.63, 3.8) is 0 Å². The Hall–Kier alpha value is -3.58. The first kappa shape index (κ1) is 18.8. The van der Waals surface area contributed by atoms with Gasteiger partial charge in [-0.05, 0) is 30.3 Å². The molecule has 0 aliphatic rings. The summed E-state index contributed by atoms with van der Waals surface area (Å²) in [6.45, 7) is 0.0158. The van der Waals surface area contributed by atoms with Gasteiger partial charge in [-0.25, -0.2) is 4.98 Å². The molecule has 4 rings (SSSR count). The van der Waals surface area contributed by atoms with Gasteiger partial charge in [0, 0.05) is 28.4 Å². The van der Waals surface area contributed by atoms with Crippen LogP contribution in [0.2, 0.25) is 0 Å². The first-order chi connectivity index (χ1) is 14.2. The molecule has 3 N–H and O–H groups in total. The topological polar surface area (TPSA) is 96.5 Å². The number of aromatic nitrogens is 2. The van der Waals surface area contributed by atoms with Gasteiger partial charge in [0.15, 0.2) is 0 Å². The van der Waals surface area contributed by atoms with Crippen LogP contribution in [0.1, 0.15) is 10.5 Å². The minimum absolute atomic E-state index is 0.141. The molecule has 0 radical (unpaired) electrons. The summed E-state index contributed by atoms with van der Waals surface area (Å²) in [4.78, 5) is 20.7. The molecule has 0 unspecified atom stereocenters. The fourth-order valence-electron chi connectivity index (χ4n) is 3.42. The number of carbonyl (C=O) groups excluding carboxylic acids is 1. The van der Waals surface area contributed by atoms with E-state index in [1.54, 1.807) is 20.3 Å². The van der Waals surface area contributed by atoms with Crippen LogP contribution in [0.15, 0.2) is 48.5 Å². The number of aliphatic hydroxyl groups is 1. The highest BCUT2D eigenvalue weighted by molar-refractivity contribution is 6.13. The van der Waals surface area contributed by atoms with E-state index in [-0.39, 0.29) is 24.8 Å². The molecule has 2 aromatic heterocycles. The summed E-state index contributed by atoms with van der Waals surface area (Å²) in [5.74, 6) is 0.919. The maximum absolute atomic E-state index is 12.6. The average Bonchev–Trinajstić information content (AvgIpc) is 3.15. The van der Waals surface area contributed by atoms with Crippen LogP contribution in [-0.2, 0) is 0 Å². The van der Waals surface area contributed by atoms with Gasteiger partial charge in [-0.1, -0.05) is 18.2 Å². The Morgan fingerprint density at radius 1 is 1.10 bits per heavy atom. The number of pyridine rings is 1. The molecule has 1 amide bonds. The molecule has 2 aromatic carbocycles.